The standard InChI is InChI=1S/C26H27BO2S.C2H6/c28-27(29)24-6-3-22-12-21(1-2-23(22)13-24)20-4-7-25(8-5-20)30-26-14-17-9-18(15-26)11-19(10-17)16-26;1-2/h1-8,12-13,17-19,28-29H,9-11,14-16H2;1-2H3. The van der Waals surface area contributed by atoms with E-state index >= 15 is 0 Å². The molecule has 3 aromatic rings. The smallest absolute Gasteiger partial charge is 0.423 e. The van der Waals surface area contributed by atoms with E-state index in [1.54, 1.807) is 6.07 Å². The van der Waals surface area contributed by atoms with Crippen LogP contribution in [0.2, 0.25) is 0 Å². The number of thioether (sulfide) groups is 1. The van der Waals surface area contributed by atoms with Crippen LogP contribution < -0.4 is 5.46 Å². The van der Waals surface area contributed by atoms with Gasteiger partial charge in [-0.15, -0.1) is 11.8 Å². The zero-order chi connectivity index (χ0) is 22.3. The maximum absolute atomic E-state index is 9.38. The second-order valence-electron chi connectivity index (χ2n) is 9.92. The summed E-state index contributed by atoms with van der Waals surface area (Å²) < 4.78 is 0.508. The molecule has 4 aliphatic rings. The molecule has 4 fully saturated rings. The fourth-order valence-corrected chi connectivity index (χ4v) is 8.46. The minimum Gasteiger partial charge on any atom is -0.423 e. The zero-order valence-corrected chi connectivity index (χ0v) is 19.9. The second-order valence-corrected chi connectivity index (χ2v) is 11.5. The second kappa shape index (κ2) is 8.89. The summed E-state index contributed by atoms with van der Waals surface area (Å²) in [6, 6.07) is 21.1. The van der Waals surface area contributed by atoms with E-state index in [1.165, 1.54) is 54.5 Å². The first-order valence-corrected chi connectivity index (χ1v) is 13.1. The number of hydrogen-bond donors (Lipinski definition) is 2. The van der Waals surface area contributed by atoms with Crippen molar-refractivity contribution in [3.05, 3.63) is 60.7 Å². The fourth-order valence-electron chi connectivity index (χ4n) is 6.73. The molecule has 0 aliphatic heterocycles. The lowest BCUT2D eigenvalue weighted by Crippen LogP contribution is -2.48. The molecule has 0 spiro atoms. The highest BCUT2D eigenvalue weighted by atomic mass is 32.2. The molecule has 0 heterocycles. The molecule has 2 nitrogen and oxygen atoms in total. The van der Waals surface area contributed by atoms with Gasteiger partial charge < -0.3 is 10.0 Å². The molecule has 2 N–H and O–H groups in total. The van der Waals surface area contributed by atoms with Crippen LogP contribution in [0, 0.1) is 17.8 Å². The van der Waals surface area contributed by atoms with Crippen molar-refractivity contribution in [1.82, 2.24) is 0 Å². The predicted molar refractivity (Wildman–Crippen MR) is 137 cm³/mol. The zero-order valence-electron chi connectivity index (χ0n) is 19.1. The molecule has 4 bridgehead atoms. The molecular formula is C28H33BO2S. The van der Waals surface area contributed by atoms with E-state index in [9.17, 15) is 10.0 Å². The molecule has 0 radical (unpaired) electrons. The summed E-state index contributed by atoms with van der Waals surface area (Å²) in [5.41, 5.74) is 2.96. The van der Waals surface area contributed by atoms with Crippen LogP contribution in [0.1, 0.15) is 52.4 Å². The summed E-state index contributed by atoms with van der Waals surface area (Å²) in [5.74, 6) is 2.98. The number of benzene rings is 3. The van der Waals surface area contributed by atoms with E-state index in [2.05, 4.69) is 54.2 Å². The molecule has 4 heteroatoms. The van der Waals surface area contributed by atoms with Crippen molar-refractivity contribution in [2.45, 2.75) is 62.0 Å². The average molecular weight is 444 g/mol. The molecule has 32 heavy (non-hydrogen) atoms. The van der Waals surface area contributed by atoms with Crippen molar-refractivity contribution < 1.29 is 10.0 Å². The van der Waals surface area contributed by atoms with Gasteiger partial charge in [-0.05, 0) is 102 Å². The van der Waals surface area contributed by atoms with E-state index in [0.717, 1.165) is 28.5 Å². The van der Waals surface area contributed by atoms with E-state index in [1.807, 2.05) is 26.0 Å². The van der Waals surface area contributed by atoms with Gasteiger partial charge in [0, 0.05) is 9.64 Å². The molecule has 0 amide bonds. The molecule has 0 atom stereocenters. The third-order valence-corrected chi connectivity index (χ3v) is 9.11. The lowest BCUT2D eigenvalue weighted by Gasteiger charge is -2.56. The first-order valence-electron chi connectivity index (χ1n) is 12.2. The van der Waals surface area contributed by atoms with E-state index in [0.29, 0.717) is 10.2 Å². The van der Waals surface area contributed by atoms with Gasteiger partial charge in [0.2, 0.25) is 0 Å². The SMILES string of the molecule is CC.OB(O)c1ccc2cc(-c3ccc(SC45CC6CC(CC(C6)C4)C5)cc3)ccc2c1. The van der Waals surface area contributed by atoms with Crippen LogP contribution >= 0.6 is 11.8 Å². The van der Waals surface area contributed by atoms with Gasteiger partial charge >= 0.3 is 7.12 Å². The lowest BCUT2D eigenvalue weighted by atomic mass is 9.56. The van der Waals surface area contributed by atoms with Crippen molar-refractivity contribution in [2.75, 3.05) is 0 Å². The maximum Gasteiger partial charge on any atom is 0.488 e. The minimum absolute atomic E-state index is 0.508. The number of rotatable bonds is 4. The Kier molecular flexibility index (Phi) is 6.13. The summed E-state index contributed by atoms with van der Waals surface area (Å²) in [7, 11) is -1.42. The quantitative estimate of drug-likeness (QED) is 0.466. The summed E-state index contributed by atoms with van der Waals surface area (Å²) in [6.45, 7) is 4.00. The van der Waals surface area contributed by atoms with E-state index < -0.39 is 7.12 Å². The van der Waals surface area contributed by atoms with Crippen molar-refractivity contribution in [3.63, 3.8) is 0 Å². The molecule has 7 rings (SSSR count). The highest BCUT2D eigenvalue weighted by molar-refractivity contribution is 8.00. The monoisotopic (exact) mass is 444 g/mol. The van der Waals surface area contributed by atoms with Gasteiger partial charge in [-0.2, -0.15) is 0 Å². The summed E-state index contributed by atoms with van der Waals surface area (Å²) in [6.07, 6.45) is 8.79. The third-order valence-electron chi connectivity index (χ3n) is 7.67. The Labute approximate surface area is 196 Å². The summed E-state index contributed by atoms with van der Waals surface area (Å²) in [5, 5.41) is 20.9. The summed E-state index contributed by atoms with van der Waals surface area (Å²) >= 11 is 2.16. The van der Waals surface area contributed by atoms with Crippen LogP contribution in [0.5, 0.6) is 0 Å². The highest BCUT2D eigenvalue weighted by Crippen LogP contribution is 2.61. The molecule has 0 aromatic heterocycles. The van der Waals surface area contributed by atoms with Gasteiger partial charge in [-0.3, -0.25) is 0 Å². The Morgan fingerprint density at radius 2 is 1.25 bits per heavy atom. The predicted octanol–water partition coefficient (Wildman–Crippen LogP) is 6.27. The van der Waals surface area contributed by atoms with Gasteiger partial charge in [0.25, 0.3) is 0 Å². The van der Waals surface area contributed by atoms with Gasteiger partial charge in [-0.1, -0.05) is 56.3 Å². The van der Waals surface area contributed by atoms with Gasteiger partial charge in [0.15, 0.2) is 0 Å². The van der Waals surface area contributed by atoms with Crippen molar-refractivity contribution in [3.8, 4) is 11.1 Å². The molecule has 0 unspecified atom stereocenters. The Hall–Kier alpha value is -1.75. The maximum atomic E-state index is 9.38. The molecule has 4 aliphatic carbocycles. The number of hydrogen-bond acceptors (Lipinski definition) is 3. The Morgan fingerprint density at radius 1 is 0.719 bits per heavy atom. The highest BCUT2D eigenvalue weighted by Gasteiger charge is 2.51. The molecule has 0 saturated heterocycles. The van der Waals surface area contributed by atoms with Crippen molar-refractivity contribution in [2.24, 2.45) is 17.8 Å². The summed E-state index contributed by atoms with van der Waals surface area (Å²) in [4.78, 5) is 1.42. The van der Waals surface area contributed by atoms with Crippen LogP contribution in [0.25, 0.3) is 21.9 Å². The van der Waals surface area contributed by atoms with Gasteiger partial charge in [-0.25, -0.2) is 0 Å². The van der Waals surface area contributed by atoms with Crippen LogP contribution in [-0.4, -0.2) is 21.9 Å². The number of fused-ring (bicyclic) bond motifs is 1. The van der Waals surface area contributed by atoms with Gasteiger partial charge in [0.05, 0.1) is 0 Å². The minimum atomic E-state index is -1.42. The van der Waals surface area contributed by atoms with E-state index in [-0.39, 0.29) is 0 Å². The Bertz CT molecular complexity index is 1060. The normalized spacial score (nSPS) is 27.8. The Balaban J connectivity index is 0.00000105. The molecule has 3 aromatic carbocycles. The Morgan fingerprint density at radius 3 is 1.84 bits per heavy atom. The average Bonchev–Trinajstić information content (AvgIpc) is 2.79. The molecule has 4 saturated carbocycles. The van der Waals surface area contributed by atoms with Crippen LogP contribution in [0.15, 0.2) is 65.6 Å². The van der Waals surface area contributed by atoms with Crippen molar-refractivity contribution in [1.29, 1.82) is 0 Å². The third kappa shape index (κ3) is 4.25. The first kappa shape index (κ1) is 22.1. The van der Waals surface area contributed by atoms with Crippen LogP contribution in [-0.2, 0) is 0 Å². The first-order chi connectivity index (χ1) is 15.6. The topological polar surface area (TPSA) is 40.5 Å². The fraction of sp³-hybridized carbons (Fsp3) is 0.429. The molecular weight excluding hydrogens is 411 g/mol. The van der Waals surface area contributed by atoms with Gasteiger partial charge in [0.1, 0.15) is 0 Å². The largest absolute Gasteiger partial charge is 0.488 e. The lowest BCUT2D eigenvalue weighted by molar-refractivity contribution is 0.0383. The van der Waals surface area contributed by atoms with Crippen LogP contribution in [0.3, 0.4) is 0 Å². The van der Waals surface area contributed by atoms with Crippen molar-refractivity contribution >= 4 is 35.1 Å². The molecule has 166 valence electrons. The van der Waals surface area contributed by atoms with Crippen LogP contribution in [0.4, 0.5) is 0 Å². The van der Waals surface area contributed by atoms with E-state index in [4.69, 9.17) is 0 Å².